The van der Waals surface area contributed by atoms with E-state index in [1.807, 2.05) is 101 Å². The molecule has 26 unspecified atom stereocenters. The lowest BCUT2D eigenvalue weighted by Crippen LogP contribution is -2.60. The number of carbonyl (C=O) groups is 2. The highest BCUT2D eigenvalue weighted by Crippen LogP contribution is 2.40. The highest BCUT2D eigenvalue weighted by Gasteiger charge is 2.50. The third-order valence-electron chi connectivity index (χ3n) is 20.9. The van der Waals surface area contributed by atoms with Crippen LogP contribution < -0.4 is 33.2 Å². The molecule has 4 aromatic carbocycles. The molecule has 6 aromatic heterocycles. The second kappa shape index (κ2) is 48.4. The monoisotopic (exact) mass is 1900 g/mol. The van der Waals surface area contributed by atoms with Crippen LogP contribution in [0.4, 0.5) is 0 Å². The molecule has 26 atom stereocenters. The number of ether oxygens (including phenoxy) is 12. The van der Waals surface area contributed by atoms with E-state index >= 15 is 0 Å². The van der Waals surface area contributed by atoms with Crippen LogP contribution in [0.25, 0.3) is 0 Å². The maximum atomic E-state index is 12.7. The normalized spacial score (nSPS) is 29.3. The van der Waals surface area contributed by atoms with Gasteiger partial charge in [-0.15, -0.1) is 68.0 Å². The summed E-state index contributed by atoms with van der Waals surface area (Å²) in [5, 5.41) is 216. The zero-order chi connectivity index (χ0) is 92.0. The van der Waals surface area contributed by atoms with Gasteiger partial charge in [-0.1, -0.05) is 78.9 Å². The number of aliphatic hydroxyl groups excluding tert-OH is 21. The Bertz CT molecular complexity index is 4910. The van der Waals surface area contributed by atoms with Crippen LogP contribution in [0.15, 0.2) is 184 Å². The van der Waals surface area contributed by atoms with E-state index in [9.17, 15) is 117 Å². The van der Waals surface area contributed by atoms with Crippen LogP contribution in [-0.4, -0.2) is 320 Å². The summed E-state index contributed by atoms with van der Waals surface area (Å²) in [6, 6.07) is 45.3. The van der Waals surface area contributed by atoms with Gasteiger partial charge in [0.1, 0.15) is 178 Å². The number of ketones is 2. The van der Waals surface area contributed by atoms with Crippen molar-refractivity contribution >= 4 is 79.6 Å². The Balaban J connectivity index is 0.000000155. The molecular weight excluding hydrogens is 1800 g/mol. The highest BCUT2D eigenvalue weighted by molar-refractivity contribution is 7.13. The number of carbonyl (C=O) groups excluding carboxylic acids is 2. The molecule has 10 aromatic rings. The van der Waals surface area contributed by atoms with Crippen LogP contribution in [0.5, 0.6) is 40.2 Å². The summed E-state index contributed by atoms with van der Waals surface area (Å²) in [5.41, 5.74) is 3.30. The van der Waals surface area contributed by atoms with Crippen LogP contribution in [0.3, 0.4) is 0 Å². The minimum atomic E-state index is -1.56. The molecule has 21 N–H and O–H groups in total. The first-order valence-corrected chi connectivity index (χ1v) is 45.3. The van der Waals surface area contributed by atoms with Crippen LogP contribution in [0.1, 0.15) is 73.6 Å². The largest absolute Gasteiger partial charge is 0.497 e. The summed E-state index contributed by atoms with van der Waals surface area (Å²) in [7, 11) is 3.14. The van der Waals surface area contributed by atoms with Gasteiger partial charge in [-0.25, -0.2) is 0 Å². The summed E-state index contributed by atoms with van der Waals surface area (Å²) in [4.78, 5) is 29.4. The average molecular weight is 1900 g/mol. The van der Waals surface area contributed by atoms with Gasteiger partial charge in [0.15, 0.2) is 5.78 Å². The average Bonchev–Trinajstić information content (AvgIpc) is 1.35. The summed E-state index contributed by atoms with van der Waals surface area (Å²) in [6.07, 6.45) is -32.2. The highest BCUT2D eigenvalue weighted by atomic mass is 32.1. The minimum absolute atomic E-state index is 0.0898. The van der Waals surface area contributed by atoms with Crippen molar-refractivity contribution in [3.63, 3.8) is 0 Å². The van der Waals surface area contributed by atoms with Crippen LogP contribution in [0, 0.1) is 0 Å². The molecule has 0 radical (unpaired) electrons. The Morgan fingerprint density at radius 3 is 1.06 bits per heavy atom. The van der Waals surface area contributed by atoms with Crippen molar-refractivity contribution in [3.05, 3.63) is 235 Å². The Morgan fingerprint density at radius 1 is 0.336 bits per heavy atom. The number of aryl methyl sites for hydroxylation is 1. The van der Waals surface area contributed by atoms with Crippen LogP contribution >= 0.6 is 68.0 Å². The first-order valence-electron chi connectivity index (χ1n) is 40.0. The number of Topliss-reactive ketones (excluding diaryl/α,β-unsaturated/α-hetero) is 1. The van der Waals surface area contributed by atoms with Gasteiger partial charge in [0.05, 0.1) is 61.9 Å². The molecule has 35 nitrogen and oxygen atoms in total. The fraction of sp³-hybridized carbons (Fsp3) is 0.425. The van der Waals surface area contributed by atoms with Crippen molar-refractivity contribution < 1.29 is 174 Å². The number of aliphatic hydroxyl groups is 21. The van der Waals surface area contributed by atoms with E-state index in [1.54, 1.807) is 101 Å². The van der Waals surface area contributed by atoms with E-state index in [2.05, 4.69) is 0 Å². The van der Waals surface area contributed by atoms with Crippen molar-refractivity contribution in [1.29, 1.82) is 0 Å². The Labute approximate surface area is 756 Å². The van der Waals surface area contributed by atoms with Crippen molar-refractivity contribution in [1.82, 2.24) is 0 Å². The summed E-state index contributed by atoms with van der Waals surface area (Å²) >= 11 is 8.26. The molecule has 5 fully saturated rings. The molecule has 696 valence electrons. The fourth-order valence-corrected chi connectivity index (χ4v) is 18.3. The molecular formula is C87H102O35S6. The van der Waals surface area contributed by atoms with Crippen molar-refractivity contribution in [2.75, 3.05) is 47.3 Å². The Morgan fingerprint density at radius 2 is 0.672 bits per heavy atom. The molecule has 41 heteroatoms. The lowest BCUT2D eigenvalue weighted by Gasteiger charge is -2.39. The number of hydrogen-bond donors (Lipinski definition) is 21. The van der Waals surface area contributed by atoms with Gasteiger partial charge < -0.3 is 164 Å². The maximum Gasteiger partial charge on any atom is 0.229 e. The standard InChI is InChI=1S/C18H20O8S.C18H22O7S.C17H20O7S2.C17H20O7S.C17H20O6S/c1-24-10-4-2-9(3-5-10)13(20)17-11(6-7-27-17)25-18-16(23)15(22)14(21)12(8-19)26-18;1-23-11-4-2-10(3-5-11)8-14-12(6-7-26-14)24-18-17(22)16(21)15(20)13(9-19)25-18;18-8-12-13(20)14(21)15(22)17(24-12)23-11-5-7-26-16(11)10(19)4-3-9-2-1-6-25-9;18-8-11-13(20)14(21)15(22)17(24-11)23-10-6-7-25-16(10)12(19)9-4-2-1-3-5-9;18-9-12-14(19)15(20)16(21)17(23-12)22-11-6-7-24-13(11)8-10-4-2-1-3-5-10/h2-7,12,14-16,18-19,21-23H,8H2,1H3;2-7,13,15-22H,8-9H2,1H3;1-2,5-7,12-15,17-18,20-22H,3-4,8H2;1-7,11-15,17-22H,8H2;1-7,12,14-21H,8-9H2. The van der Waals surface area contributed by atoms with E-state index in [0.29, 0.717) is 69.6 Å². The molecule has 5 aliphatic rings. The molecule has 128 heavy (non-hydrogen) atoms. The number of benzene rings is 4. The van der Waals surface area contributed by atoms with E-state index in [0.717, 1.165) is 42.8 Å². The van der Waals surface area contributed by atoms with Gasteiger partial charge in [0.2, 0.25) is 37.2 Å². The second-order valence-electron chi connectivity index (χ2n) is 29.4. The molecule has 0 bridgehead atoms. The van der Waals surface area contributed by atoms with Crippen molar-refractivity contribution in [2.45, 2.75) is 185 Å². The molecule has 0 aliphatic carbocycles. The van der Waals surface area contributed by atoms with Gasteiger partial charge in [-0.05, 0) is 128 Å². The number of thiophene rings is 6. The third kappa shape index (κ3) is 25.4. The second-order valence-corrected chi connectivity index (χ2v) is 35.2. The summed E-state index contributed by atoms with van der Waals surface area (Å²) < 4.78 is 65.2. The van der Waals surface area contributed by atoms with Crippen LogP contribution in [0.2, 0.25) is 0 Å². The smallest absolute Gasteiger partial charge is 0.229 e. The van der Waals surface area contributed by atoms with Crippen molar-refractivity contribution in [3.8, 4) is 40.2 Å². The quantitative estimate of drug-likeness (QED) is 0.0298. The molecule has 11 heterocycles. The van der Waals surface area contributed by atoms with E-state index in [-0.39, 0.29) is 27.9 Å². The van der Waals surface area contributed by atoms with Gasteiger partial charge >= 0.3 is 0 Å². The zero-order valence-corrected chi connectivity index (χ0v) is 73.2. The van der Waals surface area contributed by atoms with Crippen LogP contribution in [-0.2, 0) is 42.9 Å². The fourth-order valence-electron chi connectivity index (χ4n) is 13.5. The zero-order valence-electron chi connectivity index (χ0n) is 68.3. The predicted molar refractivity (Wildman–Crippen MR) is 463 cm³/mol. The lowest BCUT2D eigenvalue weighted by molar-refractivity contribution is -0.277. The van der Waals surface area contributed by atoms with E-state index < -0.39 is 193 Å². The van der Waals surface area contributed by atoms with E-state index in [4.69, 9.17) is 56.8 Å². The third-order valence-corrected chi connectivity index (χ3v) is 26.4. The Hall–Kier alpha value is -8.02. The number of hydrogen-bond acceptors (Lipinski definition) is 41. The summed E-state index contributed by atoms with van der Waals surface area (Å²) in [6.45, 7) is -2.61. The maximum absolute atomic E-state index is 12.7. The topological polar surface area (TPSA) is 570 Å². The molecule has 0 amide bonds. The molecule has 0 saturated carbocycles. The molecule has 0 spiro atoms. The molecule has 5 saturated heterocycles. The number of rotatable bonds is 29. The Kier molecular flexibility index (Phi) is 38.0. The predicted octanol–water partition coefficient (Wildman–Crippen LogP) is 2.02. The first-order chi connectivity index (χ1) is 61.6. The summed E-state index contributed by atoms with van der Waals surface area (Å²) in [5.74, 6) is 2.81. The van der Waals surface area contributed by atoms with Crippen molar-refractivity contribution in [2.24, 2.45) is 0 Å². The van der Waals surface area contributed by atoms with E-state index in [1.165, 1.54) is 52.5 Å². The first kappa shape index (κ1) is 101. The van der Waals surface area contributed by atoms with Gasteiger partial charge in [-0.2, -0.15) is 0 Å². The van der Waals surface area contributed by atoms with Gasteiger partial charge in [-0.3, -0.25) is 9.59 Å². The lowest BCUT2D eigenvalue weighted by atomic mass is 9.99. The van der Waals surface area contributed by atoms with Gasteiger partial charge in [0.25, 0.3) is 0 Å². The number of methoxy groups -OCH3 is 2. The molecule has 5 aliphatic heterocycles. The molecule has 15 rings (SSSR count). The SMILES string of the molecule is COc1ccc(C(=O)c2sccc2OC2OC(CO)C(O)C(O)C2O)cc1.COc1ccc(Cc2sccc2OC2OC(CO)C(O)C(O)C2O)cc1.O=C(CCc1cccs1)c1sccc1OC1OC(CO)C(O)C(O)C1O.OCC1OC(Oc2ccsc2C(O)c2ccccc2)C(O)C(O)C1O.OCC1OC(Oc2ccsc2Cc2ccccc2)C(O)C(O)C1O. The minimum Gasteiger partial charge on any atom is -0.497 e. The van der Waals surface area contributed by atoms with Gasteiger partial charge in [0, 0.05) is 29.7 Å².